The van der Waals surface area contributed by atoms with Gasteiger partial charge >= 0.3 is 0 Å². The van der Waals surface area contributed by atoms with E-state index in [0.29, 0.717) is 16.4 Å². The van der Waals surface area contributed by atoms with Crippen LogP contribution in [0.15, 0.2) is 41.5 Å². The van der Waals surface area contributed by atoms with E-state index in [4.69, 9.17) is 11.6 Å². The predicted molar refractivity (Wildman–Crippen MR) is 75.9 cm³/mol. The third-order valence-electron chi connectivity index (χ3n) is 2.38. The molecular formula is C13H10ClN2O2S-. The molecule has 0 unspecified atom stereocenters. The quantitative estimate of drug-likeness (QED) is 0.696. The molecule has 1 heterocycles. The number of nitrogens with one attached hydrogen (secondary N) is 1. The first-order chi connectivity index (χ1) is 9.08. The van der Waals surface area contributed by atoms with Crippen LogP contribution in [-0.4, -0.2) is 11.7 Å². The van der Waals surface area contributed by atoms with Gasteiger partial charge in [0.1, 0.15) is 0 Å². The molecule has 0 aliphatic carbocycles. The van der Waals surface area contributed by atoms with Crippen molar-refractivity contribution in [2.45, 2.75) is 6.92 Å². The summed E-state index contributed by atoms with van der Waals surface area (Å²) in [6.07, 6.45) is 0. The summed E-state index contributed by atoms with van der Waals surface area (Å²) in [5.41, 5.74) is 4.22. The van der Waals surface area contributed by atoms with Crippen LogP contribution in [0.4, 0.5) is 5.69 Å². The second kappa shape index (κ2) is 5.86. The fourth-order valence-corrected chi connectivity index (χ4v) is 2.36. The largest absolute Gasteiger partial charge is 0.544 e. The fourth-order valence-electron chi connectivity index (χ4n) is 1.39. The van der Waals surface area contributed by atoms with Crippen LogP contribution >= 0.6 is 22.9 Å². The van der Waals surface area contributed by atoms with Gasteiger partial charge in [-0.1, -0.05) is 23.7 Å². The average molecular weight is 294 g/mol. The zero-order chi connectivity index (χ0) is 13.8. The highest BCUT2D eigenvalue weighted by atomic mass is 35.5. The Balaban J connectivity index is 2.15. The number of hydrogen-bond donors (Lipinski definition) is 1. The molecule has 1 aromatic carbocycles. The van der Waals surface area contributed by atoms with Crippen molar-refractivity contribution in [3.63, 3.8) is 0 Å². The molecule has 4 nitrogen and oxygen atoms in total. The molecule has 0 saturated carbocycles. The standard InChI is InChI=1S/C13H11ClN2O2S/c1-8(11-6-7-12(19-11)13(17)18)15-16-10-5-3-2-4-9(10)14/h2-7,16H,1H3,(H,17,18)/p-1/b15-8-. The van der Waals surface area contributed by atoms with E-state index < -0.39 is 5.97 Å². The van der Waals surface area contributed by atoms with Crippen molar-refractivity contribution >= 4 is 40.3 Å². The van der Waals surface area contributed by atoms with Crippen molar-refractivity contribution in [3.8, 4) is 0 Å². The monoisotopic (exact) mass is 293 g/mol. The molecule has 1 aromatic heterocycles. The van der Waals surface area contributed by atoms with Gasteiger partial charge in [-0.05, 0) is 31.2 Å². The molecule has 0 radical (unpaired) electrons. The highest BCUT2D eigenvalue weighted by molar-refractivity contribution is 7.15. The number of hydrazone groups is 1. The van der Waals surface area contributed by atoms with Crippen molar-refractivity contribution in [2.24, 2.45) is 5.10 Å². The number of carboxylic acids is 1. The highest BCUT2D eigenvalue weighted by Gasteiger charge is 2.04. The Hall–Kier alpha value is -1.85. The molecule has 2 aromatic rings. The lowest BCUT2D eigenvalue weighted by Crippen LogP contribution is -2.20. The predicted octanol–water partition coefficient (Wildman–Crippen LogP) is 2.60. The minimum absolute atomic E-state index is 0.183. The van der Waals surface area contributed by atoms with E-state index in [9.17, 15) is 9.90 Å². The van der Waals surface area contributed by atoms with Gasteiger partial charge in [0.25, 0.3) is 0 Å². The second-order valence-corrected chi connectivity index (χ2v) is 5.23. The summed E-state index contributed by atoms with van der Waals surface area (Å²) < 4.78 is 0. The first-order valence-corrected chi connectivity index (χ1v) is 6.64. The van der Waals surface area contributed by atoms with Gasteiger partial charge in [0.05, 0.1) is 32.1 Å². The van der Waals surface area contributed by atoms with Crippen molar-refractivity contribution < 1.29 is 9.90 Å². The molecule has 0 aliphatic rings. The van der Waals surface area contributed by atoms with Crippen LogP contribution in [0, 0.1) is 0 Å². The number of rotatable bonds is 4. The lowest BCUT2D eigenvalue weighted by Gasteiger charge is -2.03. The Morgan fingerprint density at radius 1 is 1.26 bits per heavy atom. The number of carbonyl (C=O) groups is 1. The number of anilines is 1. The molecule has 1 N–H and O–H groups in total. The van der Waals surface area contributed by atoms with E-state index in [1.807, 2.05) is 12.1 Å². The minimum atomic E-state index is -1.18. The Labute approximate surface area is 119 Å². The summed E-state index contributed by atoms with van der Waals surface area (Å²) in [4.78, 5) is 11.6. The molecule has 19 heavy (non-hydrogen) atoms. The third kappa shape index (κ3) is 3.33. The van der Waals surface area contributed by atoms with E-state index in [-0.39, 0.29) is 4.88 Å². The normalized spacial score (nSPS) is 11.4. The number of hydrogen-bond acceptors (Lipinski definition) is 5. The fraction of sp³-hybridized carbons (Fsp3) is 0.0769. The maximum Gasteiger partial charge on any atom is 0.0815 e. The molecule has 6 heteroatoms. The van der Waals surface area contributed by atoms with Gasteiger partial charge < -0.3 is 9.90 Å². The van der Waals surface area contributed by atoms with Gasteiger partial charge in [-0.25, -0.2) is 0 Å². The second-order valence-electron chi connectivity index (χ2n) is 3.74. The van der Waals surface area contributed by atoms with E-state index in [1.165, 1.54) is 6.07 Å². The molecule has 0 amide bonds. The summed E-state index contributed by atoms with van der Waals surface area (Å²) in [5, 5.41) is 15.4. The molecular weight excluding hydrogens is 284 g/mol. The van der Waals surface area contributed by atoms with Crippen LogP contribution in [-0.2, 0) is 0 Å². The number of nitrogens with zero attached hydrogens (tertiary/aromatic N) is 1. The maximum atomic E-state index is 10.7. The van der Waals surface area contributed by atoms with Gasteiger partial charge in [0.15, 0.2) is 0 Å². The average Bonchev–Trinajstić information content (AvgIpc) is 2.87. The molecule has 98 valence electrons. The lowest BCUT2D eigenvalue weighted by atomic mass is 10.3. The van der Waals surface area contributed by atoms with Gasteiger partial charge in [-0.3, -0.25) is 5.43 Å². The molecule has 0 fully saturated rings. The Morgan fingerprint density at radius 3 is 2.58 bits per heavy atom. The molecule has 2 rings (SSSR count). The number of thiophene rings is 1. The van der Waals surface area contributed by atoms with E-state index in [2.05, 4.69) is 10.5 Å². The molecule has 0 bridgehead atoms. The first kappa shape index (κ1) is 13.6. The van der Waals surface area contributed by atoms with E-state index >= 15 is 0 Å². The summed E-state index contributed by atoms with van der Waals surface area (Å²) >= 11 is 7.11. The van der Waals surface area contributed by atoms with Crippen molar-refractivity contribution in [3.05, 3.63) is 51.2 Å². The maximum absolute atomic E-state index is 10.7. The van der Waals surface area contributed by atoms with E-state index in [1.54, 1.807) is 25.1 Å². The summed E-state index contributed by atoms with van der Waals surface area (Å²) in [6.45, 7) is 1.79. The van der Waals surface area contributed by atoms with Crippen molar-refractivity contribution in [2.75, 3.05) is 5.43 Å². The molecule has 0 saturated heterocycles. The van der Waals surface area contributed by atoms with Crippen LogP contribution in [0.25, 0.3) is 0 Å². The van der Waals surface area contributed by atoms with Crippen molar-refractivity contribution in [1.82, 2.24) is 0 Å². The number of para-hydroxylation sites is 1. The topological polar surface area (TPSA) is 64.5 Å². The van der Waals surface area contributed by atoms with Crippen LogP contribution in [0.1, 0.15) is 21.5 Å². The molecule has 0 spiro atoms. The SMILES string of the molecule is C/C(=N/Nc1ccccc1Cl)c1ccc(C(=O)[O-])s1. The number of carbonyl (C=O) groups excluding carboxylic acids is 1. The minimum Gasteiger partial charge on any atom is -0.544 e. The van der Waals surface area contributed by atoms with Gasteiger partial charge in [-0.2, -0.15) is 5.10 Å². The third-order valence-corrected chi connectivity index (χ3v) is 3.89. The summed E-state index contributed by atoms with van der Waals surface area (Å²) in [5.74, 6) is -1.18. The van der Waals surface area contributed by atoms with Crippen LogP contribution in [0.3, 0.4) is 0 Å². The number of aromatic carboxylic acids is 1. The number of carboxylic acid groups (broad SMARTS) is 1. The van der Waals surface area contributed by atoms with Gasteiger partial charge in [-0.15, -0.1) is 11.3 Å². The van der Waals surface area contributed by atoms with Crippen LogP contribution in [0.5, 0.6) is 0 Å². The van der Waals surface area contributed by atoms with Crippen LogP contribution in [0.2, 0.25) is 5.02 Å². The van der Waals surface area contributed by atoms with Gasteiger partial charge in [0.2, 0.25) is 0 Å². The van der Waals surface area contributed by atoms with Gasteiger partial charge in [0, 0.05) is 0 Å². The summed E-state index contributed by atoms with van der Waals surface area (Å²) in [6, 6.07) is 10.4. The number of halogens is 1. The Bertz CT molecular complexity index is 637. The van der Waals surface area contributed by atoms with E-state index in [0.717, 1.165) is 16.2 Å². The molecule has 0 aliphatic heterocycles. The van der Waals surface area contributed by atoms with Crippen molar-refractivity contribution in [1.29, 1.82) is 0 Å². The smallest absolute Gasteiger partial charge is 0.0815 e. The first-order valence-electron chi connectivity index (χ1n) is 5.44. The Morgan fingerprint density at radius 2 is 1.95 bits per heavy atom. The Kier molecular flexibility index (Phi) is 4.19. The summed E-state index contributed by atoms with van der Waals surface area (Å²) in [7, 11) is 0. The highest BCUT2D eigenvalue weighted by Crippen LogP contribution is 2.21. The van der Waals surface area contributed by atoms with Crippen LogP contribution < -0.4 is 10.5 Å². The molecule has 0 atom stereocenters. The number of benzene rings is 1. The lowest BCUT2D eigenvalue weighted by molar-refractivity contribution is -0.254. The zero-order valence-electron chi connectivity index (χ0n) is 10.0. The zero-order valence-corrected chi connectivity index (χ0v) is 11.6.